The van der Waals surface area contributed by atoms with Gasteiger partial charge >= 0.3 is 29.6 Å². The fourth-order valence-corrected chi connectivity index (χ4v) is 4.68. The monoisotopic (exact) mass is 432 g/mol. The van der Waals surface area contributed by atoms with E-state index in [9.17, 15) is 13.0 Å². The van der Waals surface area contributed by atoms with Gasteiger partial charge in [0.1, 0.15) is 10.1 Å². The molecule has 0 fully saturated rings. The van der Waals surface area contributed by atoms with E-state index >= 15 is 0 Å². The largest absolute Gasteiger partial charge is 1.00 e. The first-order valence-electron chi connectivity index (χ1n) is 11.4. The minimum atomic E-state index is -4.39. The van der Waals surface area contributed by atoms with Crippen molar-refractivity contribution in [2.45, 2.75) is 122 Å². The molecular formula is C24H41NaO3S. The molecule has 0 spiro atoms. The number of hydrogen-bond acceptors (Lipinski definition) is 3. The average Bonchev–Trinajstić information content (AvgIpc) is 2.64. The minimum absolute atomic E-state index is 0. The average molecular weight is 433 g/mol. The molecule has 0 radical (unpaired) electrons. The Hall–Kier alpha value is 0.130. The van der Waals surface area contributed by atoms with Gasteiger partial charge < -0.3 is 4.55 Å². The van der Waals surface area contributed by atoms with Crippen molar-refractivity contribution in [2.24, 2.45) is 0 Å². The zero-order valence-electron chi connectivity index (χ0n) is 19.4. The molecule has 0 atom stereocenters. The third-order valence-corrected chi connectivity index (χ3v) is 6.80. The maximum Gasteiger partial charge on any atom is 1.00 e. The van der Waals surface area contributed by atoms with Crippen molar-refractivity contribution in [2.75, 3.05) is 0 Å². The maximum absolute atomic E-state index is 11.5. The van der Waals surface area contributed by atoms with Crippen LogP contribution in [0.1, 0.15) is 114 Å². The molecular weight excluding hydrogens is 391 g/mol. The van der Waals surface area contributed by atoms with Gasteiger partial charge in [-0.2, -0.15) is 0 Å². The molecule has 162 valence electrons. The van der Waals surface area contributed by atoms with Crippen LogP contribution in [0.15, 0.2) is 17.0 Å². The number of hydrogen-bond donors (Lipinski definition) is 0. The summed E-state index contributed by atoms with van der Waals surface area (Å²) in [6.07, 6.45) is 18.9. The van der Waals surface area contributed by atoms with Gasteiger partial charge in [0.25, 0.3) is 0 Å². The molecule has 0 aliphatic heterocycles. The van der Waals surface area contributed by atoms with E-state index in [4.69, 9.17) is 0 Å². The van der Waals surface area contributed by atoms with Gasteiger partial charge in [0.2, 0.25) is 0 Å². The summed E-state index contributed by atoms with van der Waals surface area (Å²) in [5.74, 6) is 0. The molecule has 0 saturated carbocycles. The van der Waals surface area contributed by atoms with E-state index in [2.05, 4.69) is 6.92 Å². The maximum atomic E-state index is 11.5. The van der Waals surface area contributed by atoms with Gasteiger partial charge in [-0.25, -0.2) is 8.42 Å². The van der Waals surface area contributed by atoms with Crippen LogP contribution in [0.5, 0.6) is 0 Å². The molecule has 29 heavy (non-hydrogen) atoms. The predicted octanol–water partition coefficient (Wildman–Crippen LogP) is 4.24. The molecule has 0 N–H and O–H groups in total. The van der Waals surface area contributed by atoms with E-state index in [1.54, 1.807) is 6.07 Å². The number of aryl methyl sites for hydroxylation is 1. The van der Waals surface area contributed by atoms with E-state index < -0.39 is 10.1 Å². The Balaban J connectivity index is 0.00000784. The molecule has 1 rings (SSSR count). The van der Waals surface area contributed by atoms with Crippen molar-refractivity contribution in [1.82, 2.24) is 0 Å². The molecule has 0 unspecified atom stereocenters. The van der Waals surface area contributed by atoms with Crippen LogP contribution in [-0.4, -0.2) is 13.0 Å². The third-order valence-electron chi connectivity index (χ3n) is 5.88. The van der Waals surface area contributed by atoms with Gasteiger partial charge in [-0.15, -0.1) is 0 Å². The van der Waals surface area contributed by atoms with Gasteiger partial charge in [-0.1, -0.05) is 96.5 Å². The Morgan fingerprint density at radius 3 is 1.55 bits per heavy atom. The summed E-state index contributed by atoms with van der Waals surface area (Å²) in [5, 5.41) is 0. The van der Waals surface area contributed by atoms with Crippen molar-refractivity contribution in [3.8, 4) is 0 Å². The van der Waals surface area contributed by atoms with Gasteiger partial charge in [0.15, 0.2) is 0 Å². The molecule has 0 aliphatic rings. The summed E-state index contributed by atoms with van der Waals surface area (Å²) in [5.41, 5.74) is 2.73. The first-order valence-corrected chi connectivity index (χ1v) is 12.8. The van der Waals surface area contributed by atoms with Crippen LogP contribution in [0.2, 0.25) is 0 Å². The van der Waals surface area contributed by atoms with E-state index in [1.807, 2.05) is 13.8 Å². The zero-order valence-corrected chi connectivity index (χ0v) is 22.2. The minimum Gasteiger partial charge on any atom is -0.744 e. The molecule has 0 heterocycles. The van der Waals surface area contributed by atoms with Crippen LogP contribution in [-0.2, 0) is 16.5 Å². The fraction of sp³-hybridized carbons (Fsp3) is 0.750. The number of unbranched alkanes of at least 4 members (excludes halogenated alkanes) is 13. The molecule has 0 aromatic heterocycles. The summed E-state index contributed by atoms with van der Waals surface area (Å²) >= 11 is 0. The Labute approximate surface area is 202 Å². The topological polar surface area (TPSA) is 57.2 Å². The van der Waals surface area contributed by atoms with Gasteiger partial charge in [-0.3, -0.25) is 0 Å². The molecule has 0 amide bonds. The number of benzene rings is 1. The molecule has 5 heteroatoms. The van der Waals surface area contributed by atoms with Crippen molar-refractivity contribution in [3.63, 3.8) is 0 Å². The predicted molar refractivity (Wildman–Crippen MR) is 118 cm³/mol. The normalized spacial score (nSPS) is 11.4. The Kier molecular flexibility index (Phi) is 16.9. The van der Waals surface area contributed by atoms with Crippen LogP contribution in [0.25, 0.3) is 0 Å². The standard InChI is InChI=1S/C24H42O3S.Na/c1-4-5-6-7-8-9-10-11-12-13-14-15-16-17-18-23-22(3)21(2)19-20-24(23)28(25,26)27;/h19-20H,4-18H2,1-3H3,(H,25,26,27);/q;+1/p-1. The first-order chi connectivity index (χ1) is 13.4. The molecule has 1 aromatic rings. The molecule has 0 bridgehead atoms. The van der Waals surface area contributed by atoms with E-state index in [-0.39, 0.29) is 34.5 Å². The van der Waals surface area contributed by atoms with Crippen molar-refractivity contribution < 1.29 is 42.5 Å². The second kappa shape index (κ2) is 16.8. The quantitative estimate of drug-likeness (QED) is 0.223. The van der Waals surface area contributed by atoms with E-state index in [0.717, 1.165) is 29.5 Å². The fourth-order valence-electron chi connectivity index (χ4n) is 3.89. The number of rotatable bonds is 16. The Morgan fingerprint density at radius 1 is 0.724 bits per heavy atom. The van der Waals surface area contributed by atoms with E-state index in [1.165, 1.54) is 83.1 Å². The summed E-state index contributed by atoms with van der Waals surface area (Å²) in [4.78, 5) is -0.0229. The summed E-state index contributed by atoms with van der Waals surface area (Å²) in [7, 11) is -4.39. The molecule has 1 aromatic carbocycles. The van der Waals surface area contributed by atoms with Crippen LogP contribution in [0.3, 0.4) is 0 Å². The van der Waals surface area contributed by atoms with Crippen LogP contribution < -0.4 is 29.6 Å². The molecule has 0 aliphatic carbocycles. The van der Waals surface area contributed by atoms with Crippen molar-refractivity contribution >= 4 is 10.1 Å². The first kappa shape index (κ1) is 29.1. The van der Waals surface area contributed by atoms with Crippen LogP contribution in [0, 0.1) is 13.8 Å². The zero-order chi connectivity index (χ0) is 20.8. The smallest absolute Gasteiger partial charge is 0.744 e. The Bertz CT molecular complexity index is 656. The summed E-state index contributed by atoms with van der Waals surface area (Å²) in [6, 6.07) is 3.21. The molecule has 0 saturated heterocycles. The second-order valence-electron chi connectivity index (χ2n) is 8.28. The molecule has 3 nitrogen and oxygen atoms in total. The summed E-state index contributed by atoms with van der Waals surface area (Å²) < 4.78 is 34.5. The Morgan fingerprint density at radius 2 is 1.14 bits per heavy atom. The van der Waals surface area contributed by atoms with Gasteiger partial charge in [-0.05, 0) is 49.4 Å². The van der Waals surface area contributed by atoms with Crippen molar-refractivity contribution in [3.05, 3.63) is 28.8 Å². The van der Waals surface area contributed by atoms with Crippen LogP contribution >= 0.6 is 0 Å². The van der Waals surface area contributed by atoms with Gasteiger partial charge in [0, 0.05) is 0 Å². The van der Waals surface area contributed by atoms with Crippen LogP contribution in [0.4, 0.5) is 0 Å². The van der Waals surface area contributed by atoms with Gasteiger partial charge in [0.05, 0.1) is 4.90 Å². The summed E-state index contributed by atoms with van der Waals surface area (Å²) in [6.45, 7) is 6.15. The van der Waals surface area contributed by atoms with E-state index in [0.29, 0.717) is 6.42 Å². The third kappa shape index (κ3) is 12.5. The SMILES string of the molecule is CCCCCCCCCCCCCCCCc1c(S(=O)(=O)[O-])ccc(C)c1C.[Na+]. The second-order valence-corrected chi connectivity index (χ2v) is 9.63. The van der Waals surface area contributed by atoms with Crippen molar-refractivity contribution in [1.29, 1.82) is 0 Å².